The van der Waals surface area contributed by atoms with Gasteiger partial charge in [0.15, 0.2) is 0 Å². The summed E-state index contributed by atoms with van der Waals surface area (Å²) in [5, 5.41) is 1.37. The van der Waals surface area contributed by atoms with Gasteiger partial charge in [0.25, 0.3) is 0 Å². The number of rotatable bonds is 6. The van der Waals surface area contributed by atoms with E-state index in [-0.39, 0.29) is 0 Å². The Bertz CT molecular complexity index is 698. The number of hydrogen-bond donors (Lipinski definition) is 1. The van der Waals surface area contributed by atoms with Gasteiger partial charge in [-0.1, -0.05) is 48.5 Å². The first-order valence-electron chi connectivity index (χ1n) is 7.69. The minimum Gasteiger partial charge on any atom is -0.347 e. The van der Waals surface area contributed by atoms with Gasteiger partial charge in [-0.2, -0.15) is 0 Å². The highest BCUT2D eigenvalue weighted by atomic mass is 15.0. The second-order valence-corrected chi connectivity index (χ2v) is 5.49. The summed E-state index contributed by atoms with van der Waals surface area (Å²) < 4.78 is 2.38. The third kappa shape index (κ3) is 3.17. The molecule has 0 fully saturated rings. The maximum atomic E-state index is 5.66. The summed E-state index contributed by atoms with van der Waals surface area (Å²) in [5.74, 6) is 0. The average Bonchev–Trinajstić information content (AvgIpc) is 2.90. The summed E-state index contributed by atoms with van der Waals surface area (Å²) >= 11 is 0. The Hall–Kier alpha value is -2.06. The molecule has 21 heavy (non-hydrogen) atoms. The van der Waals surface area contributed by atoms with E-state index < -0.39 is 0 Å². The van der Waals surface area contributed by atoms with Crippen molar-refractivity contribution in [1.29, 1.82) is 0 Å². The Kier molecular flexibility index (Phi) is 4.37. The Labute approximate surface area is 126 Å². The van der Waals surface area contributed by atoms with Gasteiger partial charge in [0.1, 0.15) is 0 Å². The largest absolute Gasteiger partial charge is 0.347 e. The number of benzene rings is 2. The van der Waals surface area contributed by atoms with Crippen molar-refractivity contribution in [3.63, 3.8) is 0 Å². The van der Waals surface area contributed by atoms with Crippen molar-refractivity contribution >= 4 is 10.9 Å². The molecule has 0 saturated heterocycles. The van der Waals surface area contributed by atoms with Crippen LogP contribution in [-0.2, 0) is 19.4 Å². The summed E-state index contributed by atoms with van der Waals surface area (Å²) in [7, 11) is 0. The summed E-state index contributed by atoms with van der Waals surface area (Å²) in [6.07, 6.45) is 5.49. The fraction of sp³-hybridized carbons (Fsp3) is 0.263. The summed E-state index contributed by atoms with van der Waals surface area (Å²) in [6.45, 7) is 1.77. The molecular weight excluding hydrogens is 256 g/mol. The molecule has 0 aliphatic rings. The molecule has 0 radical (unpaired) electrons. The normalized spacial score (nSPS) is 11.1. The van der Waals surface area contributed by atoms with E-state index in [1.807, 2.05) is 0 Å². The van der Waals surface area contributed by atoms with Crippen molar-refractivity contribution in [2.24, 2.45) is 5.73 Å². The molecule has 0 atom stereocenters. The van der Waals surface area contributed by atoms with Gasteiger partial charge >= 0.3 is 0 Å². The van der Waals surface area contributed by atoms with Crippen LogP contribution in [0.4, 0.5) is 0 Å². The molecule has 1 heterocycles. The Balaban J connectivity index is 1.84. The molecule has 0 saturated carbocycles. The first-order chi connectivity index (χ1) is 10.4. The molecule has 0 aliphatic carbocycles. The van der Waals surface area contributed by atoms with Crippen molar-refractivity contribution in [2.45, 2.75) is 25.8 Å². The fourth-order valence-electron chi connectivity index (χ4n) is 2.89. The number of para-hydroxylation sites is 1. The first-order valence-corrected chi connectivity index (χ1v) is 7.69. The molecule has 2 aromatic carbocycles. The van der Waals surface area contributed by atoms with E-state index in [0.29, 0.717) is 0 Å². The Morgan fingerprint density at radius 2 is 1.62 bits per heavy atom. The van der Waals surface area contributed by atoms with E-state index in [2.05, 4.69) is 65.4 Å². The van der Waals surface area contributed by atoms with Gasteiger partial charge in [-0.05, 0) is 43.0 Å². The predicted molar refractivity (Wildman–Crippen MR) is 89.5 cm³/mol. The molecule has 3 aromatic rings. The molecule has 108 valence electrons. The van der Waals surface area contributed by atoms with Gasteiger partial charge in [0.05, 0.1) is 0 Å². The molecule has 0 aliphatic heterocycles. The van der Waals surface area contributed by atoms with E-state index in [4.69, 9.17) is 5.73 Å². The maximum Gasteiger partial charge on any atom is 0.0483 e. The van der Waals surface area contributed by atoms with Crippen molar-refractivity contribution in [2.75, 3.05) is 6.54 Å². The van der Waals surface area contributed by atoms with Gasteiger partial charge in [-0.25, -0.2) is 0 Å². The second kappa shape index (κ2) is 6.59. The highest BCUT2D eigenvalue weighted by Crippen LogP contribution is 2.22. The predicted octanol–water partition coefficient (Wildman–Crippen LogP) is 3.78. The van der Waals surface area contributed by atoms with Crippen LogP contribution in [0, 0.1) is 0 Å². The lowest BCUT2D eigenvalue weighted by atomic mass is 10.1. The molecule has 0 amide bonds. The highest BCUT2D eigenvalue weighted by Gasteiger charge is 2.07. The smallest absolute Gasteiger partial charge is 0.0483 e. The van der Waals surface area contributed by atoms with Crippen molar-refractivity contribution in [3.8, 4) is 0 Å². The van der Waals surface area contributed by atoms with Crippen LogP contribution in [0.3, 0.4) is 0 Å². The second-order valence-electron chi connectivity index (χ2n) is 5.49. The highest BCUT2D eigenvalue weighted by molar-refractivity contribution is 5.84. The number of nitrogens with two attached hydrogens (primary N) is 1. The molecule has 2 nitrogen and oxygen atoms in total. The number of fused-ring (bicyclic) bond motifs is 1. The molecular formula is C19H22N2. The zero-order valence-electron chi connectivity index (χ0n) is 12.3. The maximum absolute atomic E-state index is 5.66. The standard InChI is InChI=1S/C19H22N2/c20-13-6-9-17-15-21(19-11-5-4-10-18(17)19)14-12-16-7-2-1-3-8-16/h1-5,7-8,10-11,15H,6,9,12-14,20H2. The van der Waals surface area contributed by atoms with Gasteiger partial charge in [-0.3, -0.25) is 0 Å². The molecule has 1 aromatic heterocycles. The zero-order valence-corrected chi connectivity index (χ0v) is 12.3. The lowest BCUT2D eigenvalue weighted by Gasteiger charge is -2.05. The SMILES string of the molecule is NCCCc1cn(CCc2ccccc2)c2ccccc12. The van der Waals surface area contributed by atoms with Crippen molar-refractivity contribution < 1.29 is 0 Å². The molecule has 2 N–H and O–H groups in total. The quantitative estimate of drug-likeness (QED) is 0.731. The van der Waals surface area contributed by atoms with Crippen LogP contribution >= 0.6 is 0 Å². The van der Waals surface area contributed by atoms with Crippen molar-refractivity contribution in [3.05, 3.63) is 71.9 Å². The molecule has 0 spiro atoms. The first kappa shape index (κ1) is 13.9. The van der Waals surface area contributed by atoms with Crippen LogP contribution in [-0.4, -0.2) is 11.1 Å². The zero-order chi connectivity index (χ0) is 14.5. The van der Waals surface area contributed by atoms with Crippen LogP contribution < -0.4 is 5.73 Å². The third-order valence-electron chi connectivity index (χ3n) is 4.01. The van der Waals surface area contributed by atoms with E-state index in [1.54, 1.807) is 0 Å². The van der Waals surface area contributed by atoms with E-state index in [0.717, 1.165) is 32.4 Å². The minimum atomic E-state index is 0.753. The molecule has 0 unspecified atom stereocenters. The third-order valence-corrected chi connectivity index (χ3v) is 4.01. The summed E-state index contributed by atoms with van der Waals surface area (Å²) in [5.41, 5.74) is 9.80. The number of hydrogen-bond acceptors (Lipinski definition) is 1. The van der Waals surface area contributed by atoms with Gasteiger partial charge in [-0.15, -0.1) is 0 Å². The van der Waals surface area contributed by atoms with Gasteiger partial charge in [0, 0.05) is 23.6 Å². The minimum absolute atomic E-state index is 0.753. The van der Waals surface area contributed by atoms with Crippen LogP contribution in [0.25, 0.3) is 10.9 Å². The molecule has 2 heteroatoms. The fourth-order valence-corrected chi connectivity index (χ4v) is 2.89. The van der Waals surface area contributed by atoms with E-state index in [1.165, 1.54) is 22.0 Å². The van der Waals surface area contributed by atoms with Crippen molar-refractivity contribution in [1.82, 2.24) is 4.57 Å². The average molecular weight is 278 g/mol. The van der Waals surface area contributed by atoms with Gasteiger partial charge < -0.3 is 10.3 Å². The number of aryl methyl sites for hydroxylation is 3. The monoisotopic (exact) mass is 278 g/mol. The Morgan fingerprint density at radius 1 is 0.857 bits per heavy atom. The van der Waals surface area contributed by atoms with Crippen LogP contribution in [0.1, 0.15) is 17.5 Å². The molecule has 0 bridgehead atoms. The summed E-state index contributed by atoms with van der Waals surface area (Å²) in [6, 6.07) is 19.4. The lowest BCUT2D eigenvalue weighted by Crippen LogP contribution is -2.01. The molecule has 3 rings (SSSR count). The number of nitrogens with zero attached hydrogens (tertiary/aromatic N) is 1. The number of aromatic nitrogens is 1. The van der Waals surface area contributed by atoms with Gasteiger partial charge in [0.2, 0.25) is 0 Å². The van der Waals surface area contributed by atoms with Crippen LogP contribution in [0.2, 0.25) is 0 Å². The lowest BCUT2D eigenvalue weighted by molar-refractivity contribution is 0.717. The van der Waals surface area contributed by atoms with E-state index >= 15 is 0 Å². The van der Waals surface area contributed by atoms with E-state index in [9.17, 15) is 0 Å². The topological polar surface area (TPSA) is 30.9 Å². The van der Waals surface area contributed by atoms with Crippen LogP contribution in [0.5, 0.6) is 0 Å². The van der Waals surface area contributed by atoms with Crippen LogP contribution in [0.15, 0.2) is 60.8 Å². The summed E-state index contributed by atoms with van der Waals surface area (Å²) in [4.78, 5) is 0. The Morgan fingerprint density at radius 3 is 2.43 bits per heavy atom.